The molecule has 1 aromatic heterocycles. The third kappa shape index (κ3) is 4.43. The van der Waals surface area contributed by atoms with Gasteiger partial charge in [0.05, 0.1) is 5.02 Å². The normalized spacial score (nSPS) is 11.5. The predicted octanol–water partition coefficient (Wildman–Crippen LogP) is 3.57. The minimum atomic E-state index is -1.11. The van der Waals surface area contributed by atoms with E-state index in [0.717, 1.165) is 11.3 Å². The highest BCUT2D eigenvalue weighted by Gasteiger charge is 2.22. The summed E-state index contributed by atoms with van der Waals surface area (Å²) in [6, 6.07) is 4.81. The molecule has 0 fully saturated rings. The Morgan fingerprint density at radius 2 is 2.04 bits per heavy atom. The van der Waals surface area contributed by atoms with Crippen LogP contribution in [0.25, 0.3) is 0 Å². The first-order valence-electron chi connectivity index (χ1n) is 6.92. The van der Waals surface area contributed by atoms with Gasteiger partial charge in [-0.25, -0.2) is 9.47 Å². The van der Waals surface area contributed by atoms with E-state index in [2.05, 4.69) is 15.3 Å². The van der Waals surface area contributed by atoms with Crippen LogP contribution in [-0.2, 0) is 0 Å². The number of amidine groups is 1. The Bertz CT molecular complexity index is 703. The summed E-state index contributed by atoms with van der Waals surface area (Å²) < 4.78 is 1.32. The van der Waals surface area contributed by atoms with Crippen molar-refractivity contribution in [3.63, 3.8) is 0 Å². The van der Waals surface area contributed by atoms with Crippen molar-refractivity contribution < 1.29 is 9.90 Å². The van der Waals surface area contributed by atoms with E-state index < -0.39 is 6.09 Å². The highest BCUT2D eigenvalue weighted by atomic mass is 35.5. The molecule has 0 aliphatic heterocycles. The van der Waals surface area contributed by atoms with Crippen LogP contribution >= 0.6 is 23.2 Å². The van der Waals surface area contributed by atoms with E-state index in [4.69, 9.17) is 23.2 Å². The van der Waals surface area contributed by atoms with E-state index in [9.17, 15) is 9.90 Å². The summed E-state index contributed by atoms with van der Waals surface area (Å²) in [6.45, 7) is 2.28. The van der Waals surface area contributed by atoms with Gasteiger partial charge in [0, 0.05) is 17.1 Å². The Morgan fingerprint density at radius 1 is 1.35 bits per heavy atom. The molecule has 7 nitrogen and oxygen atoms in total. The number of carboxylic acid groups (broad SMARTS) is 1. The second-order valence-corrected chi connectivity index (χ2v) is 5.52. The first-order chi connectivity index (χ1) is 11.0. The molecule has 1 aromatic carbocycles. The van der Waals surface area contributed by atoms with Crippen molar-refractivity contribution >= 4 is 35.1 Å². The molecular weight excluding hydrogens is 341 g/mol. The third-order valence-corrected chi connectivity index (χ3v) is 3.56. The molecule has 122 valence electrons. The maximum atomic E-state index is 11.7. The number of hydrogen-bond donors (Lipinski definition) is 1. The second-order valence-electron chi connectivity index (χ2n) is 4.68. The fourth-order valence-electron chi connectivity index (χ4n) is 1.89. The Morgan fingerprint density at radius 3 is 2.61 bits per heavy atom. The van der Waals surface area contributed by atoms with E-state index in [1.54, 1.807) is 18.2 Å². The zero-order valence-electron chi connectivity index (χ0n) is 12.4. The SMILES string of the molecule is CCCCN(C(=O)O)/C(=N\n1cnnc1)c1ccc(Cl)cc1Cl. The first kappa shape index (κ1) is 17.2. The number of carbonyl (C=O) groups is 1. The number of benzene rings is 1. The monoisotopic (exact) mass is 355 g/mol. The van der Waals surface area contributed by atoms with E-state index >= 15 is 0 Å². The molecule has 0 radical (unpaired) electrons. The molecular formula is C14H15Cl2N5O2. The van der Waals surface area contributed by atoms with Gasteiger partial charge in [-0.3, -0.25) is 4.90 Å². The van der Waals surface area contributed by atoms with E-state index in [-0.39, 0.29) is 5.84 Å². The molecule has 0 saturated carbocycles. The smallest absolute Gasteiger partial charge is 0.413 e. The number of unbranched alkanes of at least 4 members (excludes halogenated alkanes) is 1. The topological polar surface area (TPSA) is 83.6 Å². The van der Waals surface area contributed by atoms with Crippen LogP contribution < -0.4 is 0 Å². The fourth-order valence-corrected chi connectivity index (χ4v) is 2.38. The van der Waals surface area contributed by atoms with Crippen molar-refractivity contribution in [3.05, 3.63) is 46.5 Å². The molecule has 0 aliphatic carbocycles. The molecule has 0 spiro atoms. The van der Waals surface area contributed by atoms with Crippen molar-refractivity contribution in [2.45, 2.75) is 19.8 Å². The number of aromatic nitrogens is 3. The number of rotatable bonds is 5. The fraction of sp³-hybridized carbons (Fsp3) is 0.286. The minimum Gasteiger partial charge on any atom is -0.465 e. The Hall–Kier alpha value is -2.12. The van der Waals surface area contributed by atoms with Crippen molar-refractivity contribution in [1.82, 2.24) is 19.8 Å². The highest BCUT2D eigenvalue weighted by molar-refractivity contribution is 6.37. The number of amides is 1. The number of nitrogens with zero attached hydrogens (tertiary/aromatic N) is 5. The average Bonchev–Trinajstić information content (AvgIpc) is 2.99. The maximum absolute atomic E-state index is 11.7. The molecule has 23 heavy (non-hydrogen) atoms. The largest absolute Gasteiger partial charge is 0.465 e. The molecule has 0 aliphatic rings. The van der Waals surface area contributed by atoms with Crippen molar-refractivity contribution in [1.29, 1.82) is 0 Å². The van der Waals surface area contributed by atoms with Crippen molar-refractivity contribution in [2.75, 3.05) is 6.54 Å². The minimum absolute atomic E-state index is 0.187. The standard InChI is InChI=1S/C14H15Cl2N5O2/c1-2-3-6-21(14(22)23)13(19-20-8-17-18-9-20)11-5-4-10(15)7-12(11)16/h4-5,7-9H,2-3,6H2,1H3,(H,22,23)/b19-13-. The van der Waals surface area contributed by atoms with Crippen LogP contribution in [0.15, 0.2) is 36.0 Å². The zero-order chi connectivity index (χ0) is 16.8. The van der Waals surface area contributed by atoms with E-state index in [0.29, 0.717) is 28.6 Å². The summed E-state index contributed by atoms with van der Waals surface area (Å²) in [7, 11) is 0. The third-order valence-electron chi connectivity index (χ3n) is 3.01. The van der Waals surface area contributed by atoms with Gasteiger partial charge in [-0.1, -0.05) is 36.5 Å². The Kier molecular flexibility index (Phi) is 5.95. The summed E-state index contributed by atoms with van der Waals surface area (Å²) >= 11 is 12.1. The van der Waals surface area contributed by atoms with Gasteiger partial charge in [0.1, 0.15) is 12.7 Å². The van der Waals surface area contributed by atoms with E-state index in [1.165, 1.54) is 17.3 Å². The molecule has 1 heterocycles. The summed E-state index contributed by atoms with van der Waals surface area (Å²) in [5, 5.41) is 21.9. The first-order valence-corrected chi connectivity index (χ1v) is 7.68. The van der Waals surface area contributed by atoms with Crippen LogP contribution in [0.3, 0.4) is 0 Å². The summed E-state index contributed by atoms with van der Waals surface area (Å²) in [5.41, 5.74) is 0.461. The molecule has 0 bridgehead atoms. The van der Waals surface area contributed by atoms with Gasteiger partial charge >= 0.3 is 6.09 Å². The summed E-state index contributed by atoms with van der Waals surface area (Å²) in [4.78, 5) is 12.8. The average molecular weight is 356 g/mol. The summed E-state index contributed by atoms with van der Waals surface area (Å²) in [6.07, 6.45) is 3.15. The van der Waals surface area contributed by atoms with Crippen LogP contribution in [0.4, 0.5) is 4.79 Å². The summed E-state index contributed by atoms with van der Waals surface area (Å²) in [5.74, 6) is 0.187. The van der Waals surface area contributed by atoms with Crippen LogP contribution in [0.2, 0.25) is 10.0 Å². The molecule has 2 rings (SSSR count). The lowest BCUT2D eigenvalue weighted by atomic mass is 10.2. The van der Waals surface area contributed by atoms with Crippen LogP contribution in [0, 0.1) is 0 Å². The highest BCUT2D eigenvalue weighted by Crippen LogP contribution is 2.23. The molecule has 0 atom stereocenters. The quantitative estimate of drug-likeness (QED) is 0.656. The Labute approximate surface area is 143 Å². The zero-order valence-corrected chi connectivity index (χ0v) is 13.9. The maximum Gasteiger partial charge on any atom is 0.413 e. The van der Waals surface area contributed by atoms with Gasteiger partial charge in [0.2, 0.25) is 0 Å². The predicted molar refractivity (Wildman–Crippen MR) is 88.1 cm³/mol. The molecule has 9 heteroatoms. The van der Waals surface area contributed by atoms with Gasteiger partial charge in [-0.15, -0.1) is 15.3 Å². The van der Waals surface area contributed by atoms with Crippen LogP contribution in [0.5, 0.6) is 0 Å². The molecule has 1 N–H and O–H groups in total. The lowest BCUT2D eigenvalue weighted by Gasteiger charge is -2.21. The van der Waals surface area contributed by atoms with Crippen LogP contribution in [0.1, 0.15) is 25.3 Å². The van der Waals surface area contributed by atoms with Gasteiger partial charge in [0.25, 0.3) is 0 Å². The van der Waals surface area contributed by atoms with Gasteiger partial charge in [0.15, 0.2) is 5.84 Å². The molecule has 1 amide bonds. The lowest BCUT2D eigenvalue weighted by Crippen LogP contribution is -2.37. The van der Waals surface area contributed by atoms with Crippen LogP contribution in [-0.4, -0.2) is 43.4 Å². The molecule has 0 unspecified atom stereocenters. The van der Waals surface area contributed by atoms with Gasteiger partial charge in [-0.05, 0) is 24.6 Å². The molecule has 2 aromatic rings. The van der Waals surface area contributed by atoms with E-state index in [1.807, 2.05) is 6.92 Å². The Balaban J connectivity index is 2.52. The molecule has 0 saturated heterocycles. The van der Waals surface area contributed by atoms with Gasteiger partial charge in [-0.2, -0.15) is 0 Å². The second kappa shape index (κ2) is 7.94. The number of halogens is 2. The number of hydrogen-bond acceptors (Lipinski definition) is 4. The van der Waals surface area contributed by atoms with Crippen molar-refractivity contribution in [3.8, 4) is 0 Å². The van der Waals surface area contributed by atoms with Gasteiger partial charge < -0.3 is 5.11 Å². The lowest BCUT2D eigenvalue weighted by molar-refractivity contribution is 0.168. The van der Waals surface area contributed by atoms with Crippen molar-refractivity contribution in [2.24, 2.45) is 5.10 Å².